The van der Waals surface area contributed by atoms with Gasteiger partial charge in [0, 0.05) is 43.7 Å². The summed E-state index contributed by atoms with van der Waals surface area (Å²) in [6, 6.07) is 66.0. The van der Waals surface area contributed by atoms with Crippen LogP contribution in [0.3, 0.4) is 0 Å². The molecule has 0 bridgehead atoms. The van der Waals surface area contributed by atoms with E-state index < -0.39 is 0 Å². The molecule has 0 amide bonds. The molecule has 0 saturated heterocycles. The van der Waals surface area contributed by atoms with E-state index in [-0.39, 0.29) is 0 Å². The van der Waals surface area contributed by atoms with Crippen LogP contribution >= 0.6 is 0 Å². The van der Waals surface area contributed by atoms with E-state index >= 15 is 0 Å². The van der Waals surface area contributed by atoms with Crippen molar-refractivity contribution in [2.75, 3.05) is 0 Å². The van der Waals surface area contributed by atoms with Crippen LogP contribution in [-0.4, -0.2) is 13.7 Å². The summed E-state index contributed by atoms with van der Waals surface area (Å²) in [6.45, 7) is 0. The van der Waals surface area contributed by atoms with Gasteiger partial charge in [0.2, 0.25) is 0 Å². The van der Waals surface area contributed by atoms with Crippen molar-refractivity contribution >= 4 is 65.4 Å². The summed E-state index contributed by atoms with van der Waals surface area (Å²) in [6.07, 6.45) is 0. The molecule has 0 N–H and O–H groups in total. The van der Waals surface area contributed by atoms with Crippen LogP contribution in [0.1, 0.15) is 11.1 Å². The number of rotatable bonds is 4. The van der Waals surface area contributed by atoms with Gasteiger partial charge in [-0.25, -0.2) is 0 Å². The molecule has 3 aromatic heterocycles. The van der Waals surface area contributed by atoms with E-state index in [1.54, 1.807) is 0 Å². The maximum Gasteiger partial charge on any atom is 0.101 e. The Hall–Kier alpha value is -7.86. The predicted octanol–water partition coefficient (Wildman–Crippen LogP) is 12.4. The third kappa shape index (κ3) is 4.51. The summed E-state index contributed by atoms with van der Waals surface area (Å²) in [7, 11) is 0. The predicted molar refractivity (Wildman–Crippen MR) is 224 cm³/mol. The van der Waals surface area contributed by atoms with Gasteiger partial charge >= 0.3 is 0 Å². The number of hydrogen-bond acceptors (Lipinski definition) is 2. The fraction of sp³-hybridized carbons (Fsp3) is 0. The lowest BCUT2D eigenvalue weighted by molar-refractivity contribution is 1.15. The Morgan fingerprint density at radius 2 is 0.818 bits per heavy atom. The van der Waals surface area contributed by atoms with Crippen LogP contribution in [0.25, 0.3) is 93.6 Å². The Bertz CT molecular complexity index is 3350. The average molecular weight is 700 g/mol. The minimum atomic E-state index is 0.618. The molecule has 0 aliphatic rings. The Balaban J connectivity index is 1.08. The van der Waals surface area contributed by atoms with Crippen molar-refractivity contribution in [2.45, 2.75) is 0 Å². The fourth-order valence-electron chi connectivity index (χ4n) is 8.67. The smallest absolute Gasteiger partial charge is 0.101 e. The zero-order valence-electron chi connectivity index (χ0n) is 29.5. The van der Waals surface area contributed by atoms with Gasteiger partial charge in [0.1, 0.15) is 6.07 Å². The lowest BCUT2D eigenvalue weighted by Crippen LogP contribution is -1.98. The molecule has 0 radical (unpaired) electrons. The van der Waals surface area contributed by atoms with Crippen molar-refractivity contribution in [1.29, 1.82) is 10.5 Å². The first-order valence-electron chi connectivity index (χ1n) is 18.3. The molecule has 55 heavy (non-hydrogen) atoms. The third-order valence-corrected chi connectivity index (χ3v) is 11.1. The molecule has 5 nitrogen and oxygen atoms in total. The highest BCUT2D eigenvalue weighted by atomic mass is 15.0. The molecule has 0 aliphatic heterocycles. The first kappa shape index (κ1) is 30.7. The Kier molecular flexibility index (Phi) is 6.61. The van der Waals surface area contributed by atoms with Crippen LogP contribution in [0, 0.1) is 22.7 Å². The molecule has 0 spiro atoms. The highest BCUT2D eigenvalue weighted by molar-refractivity contribution is 6.12. The minimum absolute atomic E-state index is 0.618. The Morgan fingerprint density at radius 3 is 1.40 bits per heavy atom. The minimum Gasteiger partial charge on any atom is -0.309 e. The maximum atomic E-state index is 10.3. The van der Waals surface area contributed by atoms with Crippen LogP contribution in [0.4, 0.5) is 0 Å². The molecule has 254 valence electrons. The lowest BCUT2D eigenvalue weighted by Gasteiger charge is -2.14. The van der Waals surface area contributed by atoms with Crippen molar-refractivity contribution in [3.05, 3.63) is 187 Å². The van der Waals surface area contributed by atoms with E-state index in [1.165, 1.54) is 10.8 Å². The van der Waals surface area contributed by atoms with E-state index in [4.69, 9.17) is 0 Å². The van der Waals surface area contributed by atoms with Crippen LogP contribution in [0.2, 0.25) is 0 Å². The maximum absolute atomic E-state index is 10.3. The number of aromatic nitrogens is 3. The molecule has 0 saturated carbocycles. The van der Waals surface area contributed by atoms with Crippen LogP contribution in [-0.2, 0) is 0 Å². The van der Waals surface area contributed by atoms with Crippen molar-refractivity contribution in [2.24, 2.45) is 0 Å². The highest BCUT2D eigenvalue weighted by Crippen LogP contribution is 2.39. The van der Waals surface area contributed by atoms with Gasteiger partial charge in [0.05, 0.1) is 56.0 Å². The number of para-hydroxylation sites is 4. The summed E-state index contributed by atoms with van der Waals surface area (Å²) in [5.41, 5.74) is 12.8. The molecule has 0 atom stereocenters. The normalized spacial score (nSPS) is 11.6. The quantitative estimate of drug-likeness (QED) is 0.184. The van der Waals surface area contributed by atoms with Crippen molar-refractivity contribution < 1.29 is 0 Å². The number of hydrogen-bond donors (Lipinski definition) is 0. The SMILES string of the molecule is N#Cc1ccc2c(c1)c1ccc(-n3c4ccccc4c4ccccc43)cc1n2-c1ccc(-c2ccc(C#N)c(-n3c4ccccc4c4ccccc43)c2)cc1. The number of nitrogens with zero attached hydrogens (tertiary/aromatic N) is 5. The van der Waals surface area contributed by atoms with Crippen molar-refractivity contribution in [3.8, 4) is 40.3 Å². The molecule has 0 aliphatic carbocycles. The van der Waals surface area contributed by atoms with E-state index in [0.717, 1.165) is 82.8 Å². The second kappa shape index (κ2) is 11.8. The third-order valence-electron chi connectivity index (χ3n) is 11.1. The zero-order chi connectivity index (χ0) is 36.6. The Morgan fingerprint density at radius 1 is 0.327 bits per heavy atom. The summed E-state index contributed by atoms with van der Waals surface area (Å²) in [5, 5.41) is 27.0. The van der Waals surface area contributed by atoms with Gasteiger partial charge in [-0.1, -0.05) is 97.1 Å². The number of benzene rings is 8. The van der Waals surface area contributed by atoms with E-state index in [9.17, 15) is 10.5 Å². The van der Waals surface area contributed by atoms with Gasteiger partial charge in [-0.2, -0.15) is 10.5 Å². The summed E-state index contributed by atoms with van der Waals surface area (Å²) >= 11 is 0. The topological polar surface area (TPSA) is 62.4 Å². The first-order valence-corrected chi connectivity index (χ1v) is 18.3. The van der Waals surface area contributed by atoms with E-state index in [1.807, 2.05) is 36.4 Å². The van der Waals surface area contributed by atoms with Gasteiger partial charge in [0.25, 0.3) is 0 Å². The second-order valence-corrected chi connectivity index (χ2v) is 14.0. The summed E-state index contributed by atoms with van der Waals surface area (Å²) in [4.78, 5) is 0. The average Bonchev–Trinajstić information content (AvgIpc) is 3.88. The molecule has 3 heterocycles. The first-order chi connectivity index (χ1) is 27.2. The number of fused-ring (bicyclic) bond motifs is 9. The van der Waals surface area contributed by atoms with Gasteiger partial charge in [0.15, 0.2) is 0 Å². The molecule has 8 aromatic carbocycles. The molecule has 5 heteroatoms. The van der Waals surface area contributed by atoms with Crippen LogP contribution < -0.4 is 0 Å². The molecule has 11 rings (SSSR count). The largest absolute Gasteiger partial charge is 0.309 e. The molecular formula is C50H29N5. The van der Waals surface area contributed by atoms with Crippen LogP contribution in [0.15, 0.2) is 176 Å². The summed E-state index contributed by atoms with van der Waals surface area (Å²) < 4.78 is 6.86. The highest BCUT2D eigenvalue weighted by Gasteiger charge is 2.18. The molecule has 0 unspecified atom stereocenters. The molecule has 0 fully saturated rings. The molecule has 11 aromatic rings. The van der Waals surface area contributed by atoms with Crippen molar-refractivity contribution in [1.82, 2.24) is 13.7 Å². The van der Waals surface area contributed by atoms with E-state index in [2.05, 4.69) is 165 Å². The van der Waals surface area contributed by atoms with Crippen LogP contribution in [0.5, 0.6) is 0 Å². The lowest BCUT2D eigenvalue weighted by atomic mass is 10.0. The van der Waals surface area contributed by atoms with Crippen molar-refractivity contribution in [3.63, 3.8) is 0 Å². The van der Waals surface area contributed by atoms with Gasteiger partial charge in [-0.3, -0.25) is 0 Å². The Labute approximate surface area is 316 Å². The van der Waals surface area contributed by atoms with Gasteiger partial charge in [-0.05, 0) is 90.0 Å². The second-order valence-electron chi connectivity index (χ2n) is 14.0. The molecular weight excluding hydrogens is 671 g/mol. The standard InChI is InChI=1S/C50H29N5/c51-30-32-17-26-48-43(27-32)42-25-24-37(54-44-13-5-1-9-38(44)39-10-2-6-14-45(39)54)29-50(42)53(48)36-22-20-33(21-23-36)34-18-19-35(31-52)49(28-34)55-46-15-7-3-11-40(46)41-12-4-8-16-47(41)55/h1-29H. The fourth-order valence-corrected chi connectivity index (χ4v) is 8.67. The van der Waals surface area contributed by atoms with Gasteiger partial charge < -0.3 is 13.7 Å². The van der Waals surface area contributed by atoms with Gasteiger partial charge in [-0.15, -0.1) is 0 Å². The zero-order valence-corrected chi connectivity index (χ0v) is 29.5. The monoisotopic (exact) mass is 699 g/mol. The van der Waals surface area contributed by atoms with E-state index in [0.29, 0.717) is 11.1 Å². The summed E-state index contributed by atoms with van der Waals surface area (Å²) in [5.74, 6) is 0. The number of nitriles is 2.